The Morgan fingerprint density at radius 1 is 1.40 bits per heavy atom. The van der Waals surface area contributed by atoms with Gasteiger partial charge in [-0.2, -0.15) is 0 Å². The van der Waals surface area contributed by atoms with Gasteiger partial charge in [-0.3, -0.25) is 4.79 Å². The van der Waals surface area contributed by atoms with Crippen molar-refractivity contribution in [3.8, 4) is 0 Å². The third kappa shape index (κ3) is 5.07. The first-order chi connectivity index (χ1) is 9.02. The Morgan fingerprint density at radius 3 is 2.45 bits per heavy atom. The van der Waals surface area contributed by atoms with Crippen LogP contribution in [0.15, 0.2) is 16.3 Å². The lowest BCUT2D eigenvalue weighted by Gasteiger charge is -2.29. The molecule has 0 unspecified atom stereocenters. The highest BCUT2D eigenvalue weighted by Crippen LogP contribution is 2.26. The van der Waals surface area contributed by atoms with Crippen molar-refractivity contribution in [2.75, 3.05) is 6.54 Å². The standard InChI is InChI=1S/C13H20ClNO3S2/c1-9(2)13(3,4)8-15-11(16)7-10-5-6-12(19-10)20(14,17)18/h5-6,9H,7-8H2,1-4H3,(H,15,16). The summed E-state index contributed by atoms with van der Waals surface area (Å²) in [5.74, 6) is 0.344. The van der Waals surface area contributed by atoms with Crippen LogP contribution in [0.3, 0.4) is 0 Å². The summed E-state index contributed by atoms with van der Waals surface area (Å²) in [5, 5.41) is 2.89. The van der Waals surface area contributed by atoms with Crippen LogP contribution in [0, 0.1) is 11.3 Å². The van der Waals surface area contributed by atoms with Gasteiger partial charge in [0, 0.05) is 22.1 Å². The summed E-state index contributed by atoms with van der Waals surface area (Å²) < 4.78 is 22.4. The second-order valence-corrected chi connectivity index (χ2v) is 9.72. The van der Waals surface area contributed by atoms with Crippen molar-refractivity contribution in [3.05, 3.63) is 17.0 Å². The van der Waals surface area contributed by atoms with Crippen LogP contribution in [0.2, 0.25) is 0 Å². The summed E-state index contributed by atoms with van der Waals surface area (Å²) in [7, 11) is 1.54. The van der Waals surface area contributed by atoms with Crippen LogP contribution in [0.4, 0.5) is 0 Å². The van der Waals surface area contributed by atoms with Crippen molar-refractivity contribution in [2.24, 2.45) is 11.3 Å². The van der Waals surface area contributed by atoms with E-state index in [0.29, 0.717) is 17.3 Å². The van der Waals surface area contributed by atoms with Gasteiger partial charge in [0.15, 0.2) is 0 Å². The van der Waals surface area contributed by atoms with Crippen molar-refractivity contribution in [1.29, 1.82) is 0 Å². The Kier molecular flexibility index (Phi) is 5.63. The molecule has 0 aliphatic rings. The molecule has 1 aromatic rings. The average molecular weight is 338 g/mol. The summed E-state index contributed by atoms with van der Waals surface area (Å²) in [5.41, 5.74) is 0.0236. The highest BCUT2D eigenvalue weighted by molar-refractivity contribution is 8.15. The molecule has 0 saturated heterocycles. The topological polar surface area (TPSA) is 63.2 Å². The molecule has 1 aromatic heterocycles. The summed E-state index contributed by atoms with van der Waals surface area (Å²) in [4.78, 5) is 12.5. The molecule has 0 fully saturated rings. The molecular formula is C13H20ClNO3S2. The van der Waals surface area contributed by atoms with Crippen LogP contribution in [-0.4, -0.2) is 20.9 Å². The van der Waals surface area contributed by atoms with E-state index < -0.39 is 9.05 Å². The second kappa shape index (κ2) is 6.45. The fourth-order valence-electron chi connectivity index (χ4n) is 1.34. The first-order valence-electron chi connectivity index (χ1n) is 6.32. The smallest absolute Gasteiger partial charge is 0.270 e. The van der Waals surface area contributed by atoms with Gasteiger partial charge in [-0.05, 0) is 23.5 Å². The number of thiophene rings is 1. The predicted octanol–water partition coefficient (Wildman–Crippen LogP) is 3.02. The minimum Gasteiger partial charge on any atom is -0.355 e. The van der Waals surface area contributed by atoms with E-state index in [-0.39, 0.29) is 22.0 Å². The summed E-state index contributed by atoms with van der Waals surface area (Å²) in [6, 6.07) is 3.04. The quantitative estimate of drug-likeness (QED) is 0.811. The summed E-state index contributed by atoms with van der Waals surface area (Å²) in [6.07, 6.45) is 0.172. The van der Waals surface area contributed by atoms with Crippen LogP contribution < -0.4 is 5.32 Å². The lowest BCUT2D eigenvalue weighted by molar-refractivity contribution is -0.120. The first kappa shape index (κ1) is 17.5. The van der Waals surface area contributed by atoms with Crippen LogP contribution in [0.25, 0.3) is 0 Å². The number of hydrogen-bond acceptors (Lipinski definition) is 4. The van der Waals surface area contributed by atoms with Crippen molar-refractivity contribution in [2.45, 2.75) is 38.3 Å². The van der Waals surface area contributed by atoms with Crippen LogP contribution >= 0.6 is 22.0 Å². The number of amides is 1. The lowest BCUT2D eigenvalue weighted by atomic mass is 9.81. The van der Waals surface area contributed by atoms with Crippen molar-refractivity contribution in [1.82, 2.24) is 5.32 Å². The minimum atomic E-state index is -3.71. The van der Waals surface area contributed by atoms with E-state index in [1.807, 2.05) is 0 Å². The van der Waals surface area contributed by atoms with Gasteiger partial charge in [-0.15, -0.1) is 11.3 Å². The zero-order chi connectivity index (χ0) is 15.6. The maximum Gasteiger partial charge on any atom is 0.270 e. The van der Waals surface area contributed by atoms with Crippen LogP contribution in [0.1, 0.15) is 32.6 Å². The minimum absolute atomic E-state index is 0.0236. The van der Waals surface area contributed by atoms with E-state index in [2.05, 4.69) is 33.0 Å². The van der Waals surface area contributed by atoms with E-state index in [1.165, 1.54) is 6.07 Å². The molecule has 4 nitrogen and oxygen atoms in total. The molecular weight excluding hydrogens is 318 g/mol. The van der Waals surface area contributed by atoms with Gasteiger partial charge in [0.2, 0.25) is 5.91 Å². The van der Waals surface area contributed by atoms with E-state index in [9.17, 15) is 13.2 Å². The fourth-order valence-corrected chi connectivity index (χ4v) is 3.46. The van der Waals surface area contributed by atoms with Gasteiger partial charge in [0.1, 0.15) is 4.21 Å². The van der Waals surface area contributed by atoms with E-state index in [1.54, 1.807) is 6.07 Å². The zero-order valence-electron chi connectivity index (χ0n) is 12.1. The number of nitrogens with one attached hydrogen (secondary N) is 1. The van der Waals surface area contributed by atoms with E-state index >= 15 is 0 Å². The van der Waals surface area contributed by atoms with Gasteiger partial charge in [-0.1, -0.05) is 27.7 Å². The summed E-state index contributed by atoms with van der Waals surface area (Å²) >= 11 is 1.03. The van der Waals surface area contributed by atoms with Crippen molar-refractivity contribution >= 4 is 37.0 Å². The largest absolute Gasteiger partial charge is 0.355 e. The first-order valence-corrected chi connectivity index (χ1v) is 9.45. The Hall–Kier alpha value is -0.590. The third-order valence-corrected chi connectivity index (χ3v) is 6.69. The summed E-state index contributed by atoms with van der Waals surface area (Å²) in [6.45, 7) is 9.02. The predicted molar refractivity (Wildman–Crippen MR) is 82.7 cm³/mol. The maximum absolute atomic E-state index is 11.9. The van der Waals surface area contributed by atoms with Gasteiger partial charge in [0.05, 0.1) is 6.42 Å². The highest BCUT2D eigenvalue weighted by atomic mass is 35.7. The molecule has 0 spiro atoms. The molecule has 0 aliphatic carbocycles. The Morgan fingerprint density at radius 2 is 2.00 bits per heavy atom. The van der Waals surface area contributed by atoms with E-state index in [0.717, 1.165) is 11.3 Å². The number of hydrogen-bond donors (Lipinski definition) is 1. The Balaban J connectivity index is 2.58. The Bertz CT molecular complexity index is 576. The zero-order valence-corrected chi connectivity index (χ0v) is 14.5. The number of carbonyl (C=O) groups excluding carboxylic acids is 1. The van der Waals surface area contributed by atoms with Crippen molar-refractivity contribution < 1.29 is 13.2 Å². The molecule has 1 heterocycles. The molecule has 1 rings (SSSR count). The second-order valence-electron chi connectivity index (χ2n) is 5.76. The number of halogens is 1. The molecule has 114 valence electrons. The van der Waals surface area contributed by atoms with E-state index in [4.69, 9.17) is 10.7 Å². The van der Waals surface area contributed by atoms with Crippen LogP contribution in [-0.2, 0) is 20.3 Å². The van der Waals surface area contributed by atoms with Gasteiger partial charge in [-0.25, -0.2) is 8.42 Å². The van der Waals surface area contributed by atoms with Gasteiger partial charge in [0.25, 0.3) is 9.05 Å². The number of rotatable bonds is 6. The fraction of sp³-hybridized carbons (Fsp3) is 0.615. The maximum atomic E-state index is 11.9. The molecule has 7 heteroatoms. The molecule has 20 heavy (non-hydrogen) atoms. The molecule has 0 aliphatic heterocycles. The number of carbonyl (C=O) groups is 1. The van der Waals surface area contributed by atoms with Crippen molar-refractivity contribution in [3.63, 3.8) is 0 Å². The Labute approximate surface area is 129 Å². The molecule has 1 amide bonds. The normalized spacial score (nSPS) is 12.7. The molecule has 0 radical (unpaired) electrons. The third-order valence-electron chi connectivity index (χ3n) is 3.52. The van der Waals surface area contributed by atoms with Gasteiger partial charge < -0.3 is 5.32 Å². The molecule has 0 bridgehead atoms. The molecule has 1 N–H and O–H groups in total. The average Bonchev–Trinajstić information content (AvgIpc) is 2.74. The van der Waals surface area contributed by atoms with Crippen LogP contribution in [0.5, 0.6) is 0 Å². The van der Waals surface area contributed by atoms with Gasteiger partial charge >= 0.3 is 0 Å². The molecule has 0 saturated carbocycles. The SMILES string of the molecule is CC(C)C(C)(C)CNC(=O)Cc1ccc(S(=O)(=O)Cl)s1. The monoisotopic (exact) mass is 337 g/mol. The molecule has 0 aromatic carbocycles. The molecule has 0 atom stereocenters. The highest BCUT2D eigenvalue weighted by Gasteiger charge is 2.23. The lowest BCUT2D eigenvalue weighted by Crippen LogP contribution is -2.37.